The minimum absolute atomic E-state index is 0.113. The van der Waals surface area contributed by atoms with Crippen LogP contribution in [0.15, 0.2) is 29.4 Å². The Morgan fingerprint density at radius 2 is 2.08 bits per heavy atom. The number of nitrogens with one attached hydrogen (secondary N) is 2. The molecule has 1 aromatic rings. The number of benzene rings is 1. The van der Waals surface area contributed by atoms with Crippen LogP contribution in [0.2, 0.25) is 0 Å². The number of hydrogen-bond acceptors (Lipinski definition) is 5. The van der Waals surface area contributed by atoms with Crippen LogP contribution in [0.25, 0.3) is 0 Å². The van der Waals surface area contributed by atoms with Gasteiger partial charge in [-0.3, -0.25) is 9.59 Å². The fourth-order valence-electron chi connectivity index (χ4n) is 2.28. The molecule has 0 spiro atoms. The molecule has 1 aromatic carbocycles. The van der Waals surface area contributed by atoms with Crippen LogP contribution in [0.3, 0.4) is 0 Å². The van der Waals surface area contributed by atoms with Gasteiger partial charge in [0.2, 0.25) is 5.91 Å². The molecule has 0 saturated heterocycles. The Morgan fingerprint density at radius 3 is 2.75 bits per heavy atom. The largest absolute Gasteiger partial charge is 0.451 e. The Labute approximate surface area is 140 Å². The topological polar surface area (TPSA) is 96.9 Å². The Kier molecular flexibility index (Phi) is 6.06. The number of esters is 1. The van der Waals surface area contributed by atoms with Crippen LogP contribution in [0, 0.1) is 0 Å². The molecule has 7 nitrogen and oxygen atoms in total. The molecule has 0 radical (unpaired) electrons. The number of carbonyl (C=O) groups is 3. The summed E-state index contributed by atoms with van der Waals surface area (Å²) in [6.45, 7) is 3.76. The summed E-state index contributed by atoms with van der Waals surface area (Å²) in [5.74, 6) is -1.05. The van der Waals surface area contributed by atoms with E-state index in [0.717, 1.165) is 17.7 Å². The lowest BCUT2D eigenvalue weighted by atomic mass is 9.97. The van der Waals surface area contributed by atoms with E-state index in [1.165, 1.54) is 0 Å². The van der Waals surface area contributed by atoms with Gasteiger partial charge in [0.25, 0.3) is 5.91 Å². The maximum Gasteiger partial charge on any atom is 0.355 e. The number of hydrogen-bond donors (Lipinski definition) is 2. The zero-order valence-electron chi connectivity index (χ0n) is 13.8. The number of hydrazone groups is 1. The van der Waals surface area contributed by atoms with E-state index in [-0.39, 0.29) is 24.5 Å². The van der Waals surface area contributed by atoms with Crippen LogP contribution in [0.5, 0.6) is 0 Å². The molecule has 0 unspecified atom stereocenters. The molecule has 1 aliphatic heterocycles. The lowest BCUT2D eigenvalue weighted by molar-refractivity contribution is -0.140. The minimum atomic E-state index is -0.694. The molecular formula is C17H21N3O4. The maximum atomic E-state index is 12.0. The molecule has 0 aliphatic carbocycles. The van der Waals surface area contributed by atoms with Crippen molar-refractivity contribution in [1.29, 1.82) is 0 Å². The second kappa shape index (κ2) is 8.24. The van der Waals surface area contributed by atoms with E-state index in [4.69, 9.17) is 4.74 Å². The highest BCUT2D eigenvalue weighted by atomic mass is 16.5. The van der Waals surface area contributed by atoms with Gasteiger partial charge in [-0.15, -0.1) is 0 Å². The van der Waals surface area contributed by atoms with Gasteiger partial charge in [-0.2, -0.15) is 5.10 Å². The monoisotopic (exact) mass is 331 g/mol. The summed E-state index contributed by atoms with van der Waals surface area (Å²) in [6, 6.07) is 7.55. The molecule has 1 heterocycles. The molecule has 0 saturated carbocycles. The van der Waals surface area contributed by atoms with Gasteiger partial charge in [0.1, 0.15) is 5.71 Å². The van der Waals surface area contributed by atoms with E-state index in [2.05, 4.69) is 29.7 Å². The number of nitrogens with zero attached hydrogens (tertiary/aromatic N) is 1. The van der Waals surface area contributed by atoms with Crippen molar-refractivity contribution in [2.75, 3.05) is 11.9 Å². The zero-order valence-corrected chi connectivity index (χ0v) is 13.8. The number of ether oxygens (including phenoxy) is 1. The molecule has 2 N–H and O–H groups in total. The van der Waals surface area contributed by atoms with Gasteiger partial charge in [-0.1, -0.05) is 32.0 Å². The van der Waals surface area contributed by atoms with Gasteiger partial charge >= 0.3 is 5.97 Å². The third kappa shape index (κ3) is 4.65. The van der Waals surface area contributed by atoms with Crippen LogP contribution in [-0.4, -0.2) is 30.1 Å². The summed E-state index contributed by atoms with van der Waals surface area (Å²) in [5, 5.41) is 6.40. The Balaban J connectivity index is 1.90. The summed E-state index contributed by atoms with van der Waals surface area (Å²) in [5.41, 5.74) is 4.09. The predicted octanol–water partition coefficient (Wildman–Crippen LogP) is 1.95. The van der Waals surface area contributed by atoms with Crippen LogP contribution in [0.4, 0.5) is 5.69 Å². The fraction of sp³-hybridized carbons (Fsp3) is 0.412. The highest BCUT2D eigenvalue weighted by Crippen LogP contribution is 2.26. The molecule has 24 heavy (non-hydrogen) atoms. The Bertz CT molecular complexity index is 670. The molecule has 1 atom stereocenters. The molecular weight excluding hydrogens is 310 g/mol. The van der Waals surface area contributed by atoms with Gasteiger partial charge in [0.15, 0.2) is 6.61 Å². The summed E-state index contributed by atoms with van der Waals surface area (Å²) in [6.07, 6.45) is 1.35. The highest BCUT2D eigenvalue weighted by Gasteiger charge is 2.20. The number of amides is 2. The van der Waals surface area contributed by atoms with E-state index >= 15 is 0 Å². The summed E-state index contributed by atoms with van der Waals surface area (Å²) >= 11 is 0. The molecule has 1 aliphatic rings. The lowest BCUT2D eigenvalue weighted by Gasteiger charge is -2.16. The smallest absolute Gasteiger partial charge is 0.355 e. The van der Waals surface area contributed by atoms with Crippen LogP contribution in [-0.2, 0) is 19.1 Å². The van der Waals surface area contributed by atoms with Gasteiger partial charge in [0.05, 0.1) is 0 Å². The molecule has 128 valence electrons. The molecule has 2 amide bonds. The standard InChI is InChI=1S/C17H21N3O4/c1-3-11(2)12-6-4-5-7-13(12)18-16(22)10-24-17(23)14-8-9-15(21)20-19-14/h4-7,11H,3,8-10H2,1-2H3,(H,18,22)(H,20,21)/t11-/m1/s1. The molecule has 0 bridgehead atoms. The van der Waals surface area contributed by atoms with E-state index < -0.39 is 18.5 Å². The van der Waals surface area contributed by atoms with E-state index in [1.807, 2.05) is 24.3 Å². The molecule has 0 aromatic heterocycles. The third-order valence-corrected chi connectivity index (χ3v) is 3.85. The molecule has 2 rings (SSSR count). The third-order valence-electron chi connectivity index (χ3n) is 3.85. The Hall–Kier alpha value is -2.70. The number of para-hydroxylation sites is 1. The van der Waals surface area contributed by atoms with Crippen molar-refractivity contribution in [3.8, 4) is 0 Å². The molecule has 0 fully saturated rings. The van der Waals surface area contributed by atoms with Gasteiger partial charge in [-0.25, -0.2) is 10.2 Å². The average Bonchev–Trinajstić information content (AvgIpc) is 2.60. The summed E-state index contributed by atoms with van der Waals surface area (Å²) < 4.78 is 4.94. The Morgan fingerprint density at radius 1 is 1.33 bits per heavy atom. The van der Waals surface area contributed by atoms with Crippen LogP contribution < -0.4 is 10.7 Å². The van der Waals surface area contributed by atoms with Crippen molar-refractivity contribution in [1.82, 2.24) is 5.43 Å². The second-order valence-corrected chi connectivity index (χ2v) is 5.61. The maximum absolute atomic E-state index is 12.0. The number of rotatable bonds is 6. The van der Waals surface area contributed by atoms with Crippen molar-refractivity contribution >= 4 is 29.2 Å². The fourth-order valence-corrected chi connectivity index (χ4v) is 2.28. The van der Waals surface area contributed by atoms with Crippen LogP contribution >= 0.6 is 0 Å². The van der Waals surface area contributed by atoms with Crippen molar-refractivity contribution in [2.45, 2.75) is 39.0 Å². The first-order valence-corrected chi connectivity index (χ1v) is 7.92. The van der Waals surface area contributed by atoms with Gasteiger partial charge < -0.3 is 10.1 Å². The summed E-state index contributed by atoms with van der Waals surface area (Å²) in [7, 11) is 0. The van der Waals surface area contributed by atoms with E-state index in [0.29, 0.717) is 5.92 Å². The van der Waals surface area contributed by atoms with E-state index in [9.17, 15) is 14.4 Å². The summed E-state index contributed by atoms with van der Waals surface area (Å²) in [4.78, 5) is 34.8. The first-order chi connectivity index (χ1) is 11.5. The van der Waals surface area contributed by atoms with Crippen molar-refractivity contribution in [2.24, 2.45) is 5.10 Å². The quantitative estimate of drug-likeness (QED) is 0.779. The SMILES string of the molecule is CC[C@@H](C)c1ccccc1NC(=O)COC(=O)C1=NNC(=O)CC1. The number of carbonyl (C=O) groups excluding carboxylic acids is 3. The zero-order chi connectivity index (χ0) is 17.5. The van der Waals surface area contributed by atoms with Crippen LogP contribution in [0.1, 0.15) is 44.6 Å². The van der Waals surface area contributed by atoms with Gasteiger partial charge in [0, 0.05) is 18.5 Å². The van der Waals surface area contributed by atoms with Crippen molar-refractivity contribution < 1.29 is 19.1 Å². The van der Waals surface area contributed by atoms with E-state index in [1.54, 1.807) is 0 Å². The van der Waals surface area contributed by atoms with Crippen molar-refractivity contribution in [3.63, 3.8) is 0 Å². The average molecular weight is 331 g/mol. The first-order valence-electron chi connectivity index (χ1n) is 7.92. The predicted molar refractivity (Wildman–Crippen MR) is 89.5 cm³/mol. The number of anilines is 1. The lowest BCUT2D eigenvalue weighted by Crippen LogP contribution is -2.32. The first kappa shape index (κ1) is 17.7. The van der Waals surface area contributed by atoms with Gasteiger partial charge in [-0.05, 0) is 24.0 Å². The van der Waals surface area contributed by atoms with Crippen molar-refractivity contribution in [3.05, 3.63) is 29.8 Å². The minimum Gasteiger partial charge on any atom is -0.451 e. The second-order valence-electron chi connectivity index (χ2n) is 5.61. The highest BCUT2D eigenvalue weighted by molar-refractivity contribution is 6.37. The molecule has 7 heteroatoms. The normalized spacial score (nSPS) is 15.1.